The molecule has 0 aliphatic heterocycles. The molecule has 0 saturated carbocycles. The Bertz CT molecular complexity index is 486. The number of nitro benzene ring substituents is 1. The van der Waals surface area contributed by atoms with Crippen LogP contribution in [0.4, 0.5) is 15.8 Å². The van der Waals surface area contributed by atoms with Gasteiger partial charge in [-0.2, -0.15) is 4.39 Å². The average molecular weight is 239 g/mol. The molecule has 0 N–H and O–H groups in total. The fourth-order valence-electron chi connectivity index (χ4n) is 1.15. The van der Waals surface area contributed by atoms with Gasteiger partial charge >= 0.3 is 5.69 Å². The third-order valence-electron chi connectivity index (χ3n) is 1.94. The molecule has 1 aromatic carbocycles. The molecule has 0 spiro atoms. The zero-order chi connectivity index (χ0) is 13.0. The van der Waals surface area contributed by atoms with Gasteiger partial charge in [0.25, 0.3) is 0 Å². The summed E-state index contributed by atoms with van der Waals surface area (Å²) in [6, 6.07) is 1.73. The highest BCUT2D eigenvalue weighted by Gasteiger charge is 2.17. The number of nitrogens with zero attached hydrogens (tertiary/aromatic N) is 3. The number of hydrogen-bond acceptors (Lipinski definition) is 5. The zero-order valence-corrected chi connectivity index (χ0v) is 9.25. The van der Waals surface area contributed by atoms with Crippen LogP contribution in [-0.2, 0) is 0 Å². The maximum atomic E-state index is 13.3. The molecule has 0 bridgehead atoms. The molecule has 0 atom stereocenters. The van der Waals surface area contributed by atoms with Crippen molar-refractivity contribution in [1.82, 2.24) is 4.90 Å². The molecule has 1 rings (SSSR count). The molecule has 6 nitrogen and oxygen atoms in total. The van der Waals surface area contributed by atoms with Crippen molar-refractivity contribution in [2.24, 2.45) is 5.18 Å². The van der Waals surface area contributed by atoms with Gasteiger partial charge in [0.15, 0.2) is 0 Å². The van der Waals surface area contributed by atoms with Gasteiger partial charge in [-0.3, -0.25) is 10.1 Å². The fraction of sp³-hybridized carbons (Fsp3) is 0.200. The van der Waals surface area contributed by atoms with Gasteiger partial charge < -0.3 is 4.90 Å². The summed E-state index contributed by atoms with van der Waals surface area (Å²) in [6.07, 6.45) is 3.03. The van der Waals surface area contributed by atoms with Crippen LogP contribution in [0, 0.1) is 20.8 Å². The monoisotopic (exact) mass is 239 g/mol. The van der Waals surface area contributed by atoms with E-state index in [1.165, 1.54) is 6.08 Å². The Kier molecular flexibility index (Phi) is 3.86. The van der Waals surface area contributed by atoms with Crippen molar-refractivity contribution >= 4 is 17.5 Å². The average Bonchev–Trinajstić information content (AvgIpc) is 2.25. The summed E-state index contributed by atoms with van der Waals surface area (Å²) in [7, 11) is 3.48. The van der Waals surface area contributed by atoms with Gasteiger partial charge in [0.2, 0.25) is 5.82 Å². The van der Waals surface area contributed by atoms with Gasteiger partial charge in [-0.05, 0) is 23.5 Å². The molecule has 0 unspecified atom stereocenters. The minimum absolute atomic E-state index is 0.170. The van der Waals surface area contributed by atoms with E-state index in [4.69, 9.17) is 0 Å². The van der Waals surface area contributed by atoms with E-state index >= 15 is 0 Å². The number of nitroso groups, excluding NO2 is 1. The van der Waals surface area contributed by atoms with E-state index in [0.29, 0.717) is 0 Å². The first-order valence-corrected chi connectivity index (χ1v) is 4.61. The summed E-state index contributed by atoms with van der Waals surface area (Å²) < 4.78 is 13.3. The number of rotatable bonds is 4. The lowest BCUT2D eigenvalue weighted by Crippen LogP contribution is -2.00. The Hall–Kier alpha value is -2.31. The molecule has 0 fully saturated rings. The van der Waals surface area contributed by atoms with Gasteiger partial charge in [-0.15, -0.1) is 4.91 Å². The number of benzene rings is 1. The Labute approximate surface area is 96.5 Å². The van der Waals surface area contributed by atoms with Crippen molar-refractivity contribution in [1.29, 1.82) is 0 Å². The standard InChI is InChI=1S/C10H10FN3O3/c1-13(2)4-3-7-5-8(11)10(14(16)17)6-9(7)12-15/h3-6H,1-2H3/b4-3+. The van der Waals surface area contributed by atoms with Crippen molar-refractivity contribution in [3.05, 3.63) is 44.7 Å². The Morgan fingerprint density at radius 3 is 2.59 bits per heavy atom. The zero-order valence-electron chi connectivity index (χ0n) is 9.25. The highest BCUT2D eigenvalue weighted by atomic mass is 19.1. The highest BCUT2D eigenvalue weighted by molar-refractivity contribution is 5.67. The van der Waals surface area contributed by atoms with Crippen molar-refractivity contribution in [3.8, 4) is 0 Å². The van der Waals surface area contributed by atoms with Gasteiger partial charge in [0, 0.05) is 25.7 Å². The SMILES string of the molecule is CN(C)/C=C/c1cc(F)c([N+](=O)[O-])cc1N=O. The van der Waals surface area contributed by atoms with E-state index in [0.717, 1.165) is 12.1 Å². The topological polar surface area (TPSA) is 75.8 Å². The van der Waals surface area contributed by atoms with Gasteiger partial charge in [-0.1, -0.05) is 0 Å². The van der Waals surface area contributed by atoms with Crippen LogP contribution in [0.25, 0.3) is 6.08 Å². The fourth-order valence-corrected chi connectivity index (χ4v) is 1.15. The van der Waals surface area contributed by atoms with Crippen LogP contribution in [-0.4, -0.2) is 23.9 Å². The van der Waals surface area contributed by atoms with E-state index < -0.39 is 16.4 Å². The summed E-state index contributed by atoms with van der Waals surface area (Å²) in [5.74, 6) is -0.999. The third kappa shape index (κ3) is 3.07. The second kappa shape index (κ2) is 5.15. The normalized spacial score (nSPS) is 10.5. The Morgan fingerprint density at radius 1 is 1.47 bits per heavy atom. The van der Waals surface area contributed by atoms with Crippen LogP contribution in [0.15, 0.2) is 23.5 Å². The molecule has 0 radical (unpaired) electrons. The molecule has 0 aliphatic rings. The van der Waals surface area contributed by atoms with E-state index in [1.807, 2.05) is 0 Å². The molecule has 0 heterocycles. The van der Waals surface area contributed by atoms with Crippen molar-refractivity contribution in [3.63, 3.8) is 0 Å². The van der Waals surface area contributed by atoms with Crippen LogP contribution in [0.5, 0.6) is 0 Å². The molecule has 17 heavy (non-hydrogen) atoms. The van der Waals surface area contributed by atoms with E-state index in [1.54, 1.807) is 25.2 Å². The van der Waals surface area contributed by atoms with Crippen LogP contribution in [0.2, 0.25) is 0 Å². The predicted octanol–water partition coefficient (Wildman–Crippen LogP) is 2.66. The summed E-state index contributed by atoms with van der Waals surface area (Å²) in [4.78, 5) is 21.8. The molecular weight excluding hydrogens is 229 g/mol. The number of halogens is 1. The number of hydrogen-bond donors (Lipinski definition) is 0. The van der Waals surface area contributed by atoms with Gasteiger partial charge in [-0.25, -0.2) is 0 Å². The Morgan fingerprint density at radius 2 is 2.12 bits per heavy atom. The first-order valence-electron chi connectivity index (χ1n) is 4.61. The summed E-state index contributed by atoms with van der Waals surface area (Å²) >= 11 is 0. The van der Waals surface area contributed by atoms with Gasteiger partial charge in [0.05, 0.1) is 4.92 Å². The lowest BCUT2D eigenvalue weighted by Gasteiger charge is -2.04. The van der Waals surface area contributed by atoms with E-state index in [-0.39, 0.29) is 11.3 Å². The first kappa shape index (κ1) is 12.8. The maximum Gasteiger partial charge on any atom is 0.307 e. The largest absolute Gasteiger partial charge is 0.383 e. The molecule has 1 aromatic rings. The molecule has 90 valence electrons. The Balaban J connectivity index is 3.28. The number of nitro groups is 1. The lowest BCUT2D eigenvalue weighted by molar-refractivity contribution is -0.387. The van der Waals surface area contributed by atoms with E-state index in [2.05, 4.69) is 5.18 Å². The second-order valence-corrected chi connectivity index (χ2v) is 3.49. The molecule has 7 heteroatoms. The van der Waals surface area contributed by atoms with Crippen LogP contribution in [0.1, 0.15) is 5.56 Å². The first-order chi connectivity index (χ1) is 7.95. The molecular formula is C10H10FN3O3. The van der Waals surface area contributed by atoms with Crippen LogP contribution < -0.4 is 0 Å². The summed E-state index contributed by atoms with van der Waals surface area (Å²) in [5.41, 5.74) is -0.741. The van der Waals surface area contributed by atoms with Crippen molar-refractivity contribution < 1.29 is 9.31 Å². The smallest absolute Gasteiger partial charge is 0.307 e. The summed E-state index contributed by atoms with van der Waals surface area (Å²) in [6.45, 7) is 0. The predicted molar refractivity (Wildman–Crippen MR) is 61.2 cm³/mol. The molecule has 0 aromatic heterocycles. The highest BCUT2D eigenvalue weighted by Crippen LogP contribution is 2.29. The van der Waals surface area contributed by atoms with Crippen molar-refractivity contribution in [2.45, 2.75) is 0 Å². The molecule has 0 amide bonds. The third-order valence-corrected chi connectivity index (χ3v) is 1.94. The van der Waals surface area contributed by atoms with Crippen molar-refractivity contribution in [2.75, 3.05) is 14.1 Å². The van der Waals surface area contributed by atoms with Crippen LogP contribution >= 0.6 is 0 Å². The van der Waals surface area contributed by atoms with E-state index in [9.17, 15) is 19.4 Å². The summed E-state index contributed by atoms with van der Waals surface area (Å²) in [5, 5.41) is 13.1. The second-order valence-electron chi connectivity index (χ2n) is 3.49. The minimum Gasteiger partial charge on any atom is -0.383 e. The van der Waals surface area contributed by atoms with Gasteiger partial charge in [0.1, 0.15) is 5.69 Å². The minimum atomic E-state index is -0.999. The molecule has 0 saturated heterocycles. The molecule has 0 aliphatic carbocycles. The van der Waals surface area contributed by atoms with Crippen LogP contribution in [0.3, 0.4) is 0 Å². The lowest BCUT2D eigenvalue weighted by atomic mass is 10.1. The maximum absolute atomic E-state index is 13.3. The quantitative estimate of drug-likeness (QED) is 0.459.